The number of hydrogen-bond acceptors (Lipinski definition) is 6. The van der Waals surface area contributed by atoms with Crippen LogP contribution in [0.4, 0.5) is 11.5 Å². The minimum absolute atomic E-state index is 0.0681. The van der Waals surface area contributed by atoms with Crippen molar-refractivity contribution < 1.29 is 9.90 Å². The van der Waals surface area contributed by atoms with Crippen LogP contribution in [0.3, 0.4) is 0 Å². The van der Waals surface area contributed by atoms with E-state index in [2.05, 4.69) is 15.1 Å². The third-order valence-corrected chi connectivity index (χ3v) is 2.28. The molecule has 5 N–H and O–H groups in total. The van der Waals surface area contributed by atoms with Crippen LogP contribution in [-0.4, -0.2) is 38.9 Å². The zero-order chi connectivity index (χ0) is 13.1. The van der Waals surface area contributed by atoms with E-state index in [1.165, 1.54) is 23.0 Å². The molecule has 1 aliphatic heterocycles. The number of rotatable bonds is 3. The summed E-state index contributed by atoms with van der Waals surface area (Å²) in [5.74, 6) is 0.133. The molecular weight excluding hydrogens is 236 g/mol. The van der Waals surface area contributed by atoms with E-state index in [1.807, 2.05) is 0 Å². The lowest BCUT2D eigenvalue weighted by Gasteiger charge is -2.03. The van der Waals surface area contributed by atoms with E-state index in [0.717, 1.165) is 0 Å². The van der Waals surface area contributed by atoms with Crippen LogP contribution in [0.5, 0.6) is 0 Å². The number of dihydropyridines is 1. The molecule has 0 saturated heterocycles. The first-order valence-corrected chi connectivity index (χ1v) is 5.19. The summed E-state index contributed by atoms with van der Waals surface area (Å²) in [6.45, 7) is 0.220. The Balaban J connectivity index is 2.29. The van der Waals surface area contributed by atoms with Gasteiger partial charge in [0.05, 0.1) is 19.3 Å². The van der Waals surface area contributed by atoms with Crippen molar-refractivity contribution in [3.05, 3.63) is 18.3 Å². The third kappa shape index (κ3) is 2.28. The second kappa shape index (κ2) is 4.80. The van der Waals surface area contributed by atoms with Crippen molar-refractivity contribution in [1.82, 2.24) is 9.78 Å². The lowest BCUT2D eigenvalue weighted by Crippen LogP contribution is -2.25. The molecule has 94 valence electrons. The fourth-order valence-corrected chi connectivity index (χ4v) is 1.38. The van der Waals surface area contributed by atoms with Crippen molar-refractivity contribution in [1.29, 1.82) is 0 Å². The van der Waals surface area contributed by atoms with Crippen LogP contribution in [0.15, 0.2) is 28.3 Å². The molecule has 2 heterocycles. The number of carbonyl (C=O) groups excluding carboxylic acids is 1. The second-order valence-corrected chi connectivity index (χ2v) is 3.53. The van der Waals surface area contributed by atoms with Gasteiger partial charge in [-0.1, -0.05) is 0 Å². The average Bonchev–Trinajstić information content (AvgIpc) is 2.67. The highest BCUT2D eigenvalue weighted by Gasteiger charge is 2.12. The molecule has 0 atom stereocenters. The Hall–Kier alpha value is -2.48. The van der Waals surface area contributed by atoms with Crippen molar-refractivity contribution in [2.75, 3.05) is 12.3 Å². The number of amidine groups is 2. The van der Waals surface area contributed by atoms with E-state index in [9.17, 15) is 4.79 Å². The van der Waals surface area contributed by atoms with Crippen LogP contribution < -0.4 is 11.5 Å². The molecule has 0 aliphatic carbocycles. The molecule has 0 amide bonds. The van der Waals surface area contributed by atoms with E-state index in [-0.39, 0.29) is 30.6 Å². The number of nitrogens with two attached hydrogens (primary N) is 2. The number of ketones is 1. The van der Waals surface area contributed by atoms with Crippen molar-refractivity contribution >= 4 is 29.0 Å². The number of aliphatic imine (C=N–C) groups is 2. The number of carbonyl (C=O) groups is 1. The normalized spacial score (nSPS) is 17.3. The quantitative estimate of drug-likeness (QED) is 0.630. The van der Waals surface area contributed by atoms with Gasteiger partial charge in [-0.15, -0.1) is 0 Å². The Morgan fingerprint density at radius 2 is 2.17 bits per heavy atom. The summed E-state index contributed by atoms with van der Waals surface area (Å²) in [5.41, 5.74) is 11.6. The number of aliphatic hydroxyl groups excluding tert-OH is 1. The molecule has 0 radical (unpaired) electrons. The SMILES string of the molecule is NC1=N/C(=N\c2cnn(CCO)c2N)C=CC1=O. The van der Waals surface area contributed by atoms with Gasteiger partial charge in [-0.2, -0.15) is 5.10 Å². The summed E-state index contributed by atoms with van der Waals surface area (Å²) >= 11 is 0. The van der Waals surface area contributed by atoms with Crippen LogP contribution in [0.1, 0.15) is 0 Å². The van der Waals surface area contributed by atoms with Gasteiger partial charge in [0.1, 0.15) is 11.5 Å². The smallest absolute Gasteiger partial charge is 0.220 e. The van der Waals surface area contributed by atoms with E-state index >= 15 is 0 Å². The maximum atomic E-state index is 11.1. The van der Waals surface area contributed by atoms with E-state index in [1.54, 1.807) is 0 Å². The Kier molecular flexibility index (Phi) is 3.20. The van der Waals surface area contributed by atoms with Gasteiger partial charge < -0.3 is 16.6 Å². The summed E-state index contributed by atoms with van der Waals surface area (Å²) in [4.78, 5) is 19.0. The van der Waals surface area contributed by atoms with Gasteiger partial charge in [-0.05, 0) is 12.2 Å². The Bertz CT molecular complexity index is 569. The van der Waals surface area contributed by atoms with Crippen LogP contribution in [0.2, 0.25) is 0 Å². The first-order valence-electron chi connectivity index (χ1n) is 5.19. The lowest BCUT2D eigenvalue weighted by atomic mass is 10.2. The van der Waals surface area contributed by atoms with Crippen molar-refractivity contribution in [2.24, 2.45) is 15.7 Å². The first-order chi connectivity index (χ1) is 8.61. The molecule has 8 nitrogen and oxygen atoms in total. The van der Waals surface area contributed by atoms with Crippen molar-refractivity contribution in [3.8, 4) is 0 Å². The molecule has 18 heavy (non-hydrogen) atoms. The molecule has 8 heteroatoms. The predicted octanol–water partition coefficient (Wildman–Crippen LogP) is -1.02. The molecular formula is C10H12N6O2. The lowest BCUT2D eigenvalue weighted by molar-refractivity contribution is -0.109. The van der Waals surface area contributed by atoms with Gasteiger partial charge in [-0.25, -0.2) is 14.7 Å². The zero-order valence-electron chi connectivity index (χ0n) is 9.45. The van der Waals surface area contributed by atoms with Gasteiger partial charge in [0.25, 0.3) is 0 Å². The van der Waals surface area contributed by atoms with Crippen LogP contribution in [-0.2, 0) is 11.3 Å². The second-order valence-electron chi connectivity index (χ2n) is 3.53. The van der Waals surface area contributed by atoms with Crippen LogP contribution in [0.25, 0.3) is 0 Å². The fourth-order valence-electron chi connectivity index (χ4n) is 1.38. The van der Waals surface area contributed by atoms with Gasteiger partial charge in [0.2, 0.25) is 5.78 Å². The summed E-state index contributed by atoms with van der Waals surface area (Å²) in [7, 11) is 0. The topological polar surface area (TPSA) is 132 Å². The Morgan fingerprint density at radius 1 is 1.39 bits per heavy atom. The number of anilines is 1. The molecule has 0 saturated carbocycles. The number of nitrogen functional groups attached to an aromatic ring is 1. The highest BCUT2D eigenvalue weighted by Crippen LogP contribution is 2.21. The maximum Gasteiger partial charge on any atom is 0.220 e. The summed E-state index contributed by atoms with van der Waals surface area (Å²) in [5, 5.41) is 12.8. The zero-order valence-corrected chi connectivity index (χ0v) is 9.45. The fraction of sp³-hybridized carbons (Fsp3) is 0.200. The molecule has 1 aromatic heterocycles. The van der Waals surface area contributed by atoms with Crippen molar-refractivity contribution in [2.45, 2.75) is 6.54 Å². The predicted molar refractivity (Wildman–Crippen MR) is 66.6 cm³/mol. The van der Waals surface area contributed by atoms with E-state index in [4.69, 9.17) is 16.6 Å². The molecule has 0 spiro atoms. The monoisotopic (exact) mass is 248 g/mol. The number of hydrogen-bond donors (Lipinski definition) is 3. The van der Waals surface area contributed by atoms with Crippen molar-refractivity contribution in [3.63, 3.8) is 0 Å². The minimum atomic E-state index is -0.349. The van der Waals surface area contributed by atoms with Gasteiger partial charge >= 0.3 is 0 Å². The highest BCUT2D eigenvalue weighted by atomic mass is 16.3. The number of nitrogens with zero attached hydrogens (tertiary/aromatic N) is 4. The Labute approximate surface area is 102 Å². The summed E-state index contributed by atoms with van der Waals surface area (Å²) in [6, 6.07) is 0. The van der Waals surface area contributed by atoms with Crippen LogP contribution in [0, 0.1) is 0 Å². The largest absolute Gasteiger partial charge is 0.394 e. The molecule has 0 unspecified atom stereocenters. The van der Waals surface area contributed by atoms with Gasteiger partial charge in [0.15, 0.2) is 11.7 Å². The first kappa shape index (κ1) is 12.0. The van der Waals surface area contributed by atoms with E-state index < -0.39 is 0 Å². The summed E-state index contributed by atoms with van der Waals surface area (Å²) < 4.78 is 1.42. The molecule has 0 aromatic carbocycles. The average molecular weight is 248 g/mol. The third-order valence-electron chi connectivity index (χ3n) is 2.28. The number of aromatic nitrogens is 2. The number of aliphatic hydroxyl groups is 1. The molecule has 0 fully saturated rings. The molecule has 0 bridgehead atoms. The maximum absolute atomic E-state index is 11.1. The highest BCUT2D eigenvalue weighted by molar-refractivity contribution is 6.46. The Morgan fingerprint density at radius 3 is 2.83 bits per heavy atom. The van der Waals surface area contributed by atoms with Gasteiger partial charge in [-0.3, -0.25) is 4.79 Å². The summed E-state index contributed by atoms with van der Waals surface area (Å²) in [6.07, 6.45) is 4.19. The van der Waals surface area contributed by atoms with E-state index in [0.29, 0.717) is 11.5 Å². The molecule has 1 aromatic rings. The molecule has 2 rings (SSSR count). The standard InChI is InChI=1S/C10H12N6O2/c11-9-7(18)1-2-8(15-9)14-6-5-13-16(3-4-17)10(6)12/h1-2,5,17H,3-4,12H2,(H2,11,14,15). The van der Waals surface area contributed by atoms with Gasteiger partial charge in [0, 0.05) is 0 Å². The molecule has 1 aliphatic rings. The van der Waals surface area contributed by atoms with Crippen LogP contribution >= 0.6 is 0 Å². The minimum Gasteiger partial charge on any atom is -0.394 e.